The smallest absolute Gasteiger partial charge is 0.251 e. The highest BCUT2D eigenvalue weighted by Crippen LogP contribution is 2.43. The van der Waals surface area contributed by atoms with Crippen molar-refractivity contribution in [2.24, 2.45) is 0 Å². The Labute approximate surface area is 157 Å². The van der Waals surface area contributed by atoms with Crippen molar-refractivity contribution in [2.45, 2.75) is 30.6 Å². The lowest BCUT2D eigenvalue weighted by molar-refractivity contribution is 0.0951. The van der Waals surface area contributed by atoms with Gasteiger partial charge in [0.2, 0.25) is 0 Å². The standard InChI is InChI=1S/C20H22N2OS2/c23-19(22-11-14-2-3-17-12-21-13-18(17)10-14)15-4-6-16(7-5-15)20-24-8-1-9-25-20/h2-7,10,20-21H,1,8-9,11-13H2,(H,22,23). The maximum Gasteiger partial charge on any atom is 0.251 e. The second-order valence-corrected chi connectivity index (χ2v) is 9.16. The van der Waals surface area contributed by atoms with Gasteiger partial charge in [0.15, 0.2) is 0 Å². The van der Waals surface area contributed by atoms with Gasteiger partial charge in [0, 0.05) is 25.2 Å². The van der Waals surface area contributed by atoms with Crippen molar-refractivity contribution < 1.29 is 4.79 Å². The van der Waals surface area contributed by atoms with E-state index in [2.05, 4.69) is 41.0 Å². The molecule has 2 aromatic rings. The van der Waals surface area contributed by atoms with Gasteiger partial charge in [0.1, 0.15) is 0 Å². The summed E-state index contributed by atoms with van der Waals surface area (Å²) in [6, 6.07) is 14.6. The van der Waals surface area contributed by atoms with Crippen LogP contribution in [-0.2, 0) is 19.6 Å². The topological polar surface area (TPSA) is 41.1 Å². The van der Waals surface area contributed by atoms with E-state index in [0.717, 1.165) is 24.2 Å². The minimum absolute atomic E-state index is 0.00544. The predicted molar refractivity (Wildman–Crippen MR) is 107 cm³/mol. The summed E-state index contributed by atoms with van der Waals surface area (Å²) < 4.78 is 0.519. The monoisotopic (exact) mass is 370 g/mol. The molecule has 2 aliphatic rings. The fraction of sp³-hybridized carbons (Fsp3) is 0.350. The van der Waals surface area contributed by atoms with Gasteiger partial charge in [-0.3, -0.25) is 4.79 Å². The number of carbonyl (C=O) groups is 1. The van der Waals surface area contributed by atoms with Crippen molar-refractivity contribution in [1.82, 2.24) is 10.6 Å². The molecule has 1 fully saturated rings. The van der Waals surface area contributed by atoms with E-state index in [-0.39, 0.29) is 5.91 Å². The number of fused-ring (bicyclic) bond motifs is 1. The Morgan fingerprint density at radius 2 is 1.80 bits per heavy atom. The molecule has 0 spiro atoms. The van der Waals surface area contributed by atoms with Crippen LogP contribution in [0.1, 0.15) is 43.6 Å². The third-order valence-electron chi connectivity index (χ3n) is 4.63. The summed E-state index contributed by atoms with van der Waals surface area (Å²) in [5, 5.41) is 6.38. The van der Waals surface area contributed by atoms with Crippen molar-refractivity contribution in [3.63, 3.8) is 0 Å². The van der Waals surface area contributed by atoms with Crippen LogP contribution in [0.3, 0.4) is 0 Å². The quantitative estimate of drug-likeness (QED) is 0.851. The molecule has 25 heavy (non-hydrogen) atoms. The highest BCUT2D eigenvalue weighted by molar-refractivity contribution is 8.16. The molecular weight excluding hydrogens is 348 g/mol. The number of rotatable bonds is 4. The van der Waals surface area contributed by atoms with Crippen LogP contribution in [0.25, 0.3) is 0 Å². The zero-order valence-corrected chi connectivity index (χ0v) is 15.7. The Balaban J connectivity index is 1.36. The first-order chi connectivity index (χ1) is 12.3. The van der Waals surface area contributed by atoms with Gasteiger partial charge in [-0.25, -0.2) is 0 Å². The van der Waals surface area contributed by atoms with Gasteiger partial charge in [0.25, 0.3) is 5.91 Å². The Bertz CT molecular complexity index is 755. The van der Waals surface area contributed by atoms with E-state index < -0.39 is 0 Å². The SMILES string of the molecule is O=C(NCc1ccc2c(c1)CNC2)c1ccc(C2SCCCS2)cc1. The summed E-state index contributed by atoms with van der Waals surface area (Å²) in [6.07, 6.45) is 1.30. The average Bonchev–Trinajstić information content (AvgIpc) is 3.15. The summed E-state index contributed by atoms with van der Waals surface area (Å²) in [6.45, 7) is 2.45. The molecule has 3 nitrogen and oxygen atoms in total. The summed E-state index contributed by atoms with van der Waals surface area (Å²) >= 11 is 4.01. The van der Waals surface area contributed by atoms with Crippen LogP contribution in [0, 0.1) is 0 Å². The molecule has 0 unspecified atom stereocenters. The molecule has 2 aromatic carbocycles. The zero-order chi connectivity index (χ0) is 17.1. The number of hydrogen-bond acceptors (Lipinski definition) is 4. The summed E-state index contributed by atoms with van der Waals surface area (Å²) in [5.41, 5.74) is 5.92. The number of carbonyl (C=O) groups excluding carboxylic acids is 1. The van der Waals surface area contributed by atoms with Gasteiger partial charge in [-0.1, -0.05) is 30.3 Å². The number of amides is 1. The van der Waals surface area contributed by atoms with Crippen molar-refractivity contribution in [3.05, 3.63) is 70.3 Å². The first-order valence-electron chi connectivity index (χ1n) is 8.72. The Kier molecular flexibility index (Phi) is 5.34. The summed E-state index contributed by atoms with van der Waals surface area (Å²) in [5.74, 6) is 2.46. The lowest BCUT2D eigenvalue weighted by Crippen LogP contribution is -2.22. The average molecular weight is 371 g/mol. The molecule has 4 rings (SSSR count). The molecule has 0 saturated carbocycles. The van der Waals surface area contributed by atoms with Crippen LogP contribution in [-0.4, -0.2) is 17.4 Å². The van der Waals surface area contributed by atoms with Crippen LogP contribution >= 0.6 is 23.5 Å². The molecule has 2 heterocycles. The molecule has 0 aliphatic carbocycles. The van der Waals surface area contributed by atoms with Gasteiger partial charge >= 0.3 is 0 Å². The van der Waals surface area contributed by atoms with E-state index in [4.69, 9.17) is 0 Å². The number of nitrogens with one attached hydrogen (secondary N) is 2. The minimum atomic E-state index is -0.00544. The lowest BCUT2D eigenvalue weighted by Gasteiger charge is -2.21. The fourth-order valence-corrected chi connectivity index (χ4v) is 6.11. The van der Waals surface area contributed by atoms with Gasteiger partial charge in [-0.05, 0) is 52.3 Å². The molecule has 5 heteroatoms. The van der Waals surface area contributed by atoms with Crippen LogP contribution in [0.5, 0.6) is 0 Å². The fourth-order valence-electron chi connectivity index (χ4n) is 3.21. The molecular formula is C20H22N2OS2. The molecule has 130 valence electrons. The minimum Gasteiger partial charge on any atom is -0.348 e. The van der Waals surface area contributed by atoms with Gasteiger partial charge in [-0.15, -0.1) is 23.5 Å². The van der Waals surface area contributed by atoms with Gasteiger partial charge in [0.05, 0.1) is 4.58 Å². The van der Waals surface area contributed by atoms with Crippen LogP contribution in [0.4, 0.5) is 0 Å². The van der Waals surface area contributed by atoms with Crippen molar-refractivity contribution in [1.29, 1.82) is 0 Å². The number of benzene rings is 2. The van der Waals surface area contributed by atoms with Crippen LogP contribution in [0.15, 0.2) is 42.5 Å². The second kappa shape index (κ2) is 7.85. The van der Waals surface area contributed by atoms with E-state index >= 15 is 0 Å². The summed E-state index contributed by atoms with van der Waals surface area (Å²) in [7, 11) is 0. The molecule has 0 bridgehead atoms. The number of hydrogen-bond donors (Lipinski definition) is 2. The lowest BCUT2D eigenvalue weighted by atomic mass is 10.1. The Morgan fingerprint density at radius 3 is 2.60 bits per heavy atom. The van der Waals surface area contributed by atoms with E-state index in [1.165, 1.54) is 34.6 Å². The second-order valence-electron chi connectivity index (χ2n) is 6.44. The van der Waals surface area contributed by atoms with Crippen LogP contribution < -0.4 is 10.6 Å². The molecule has 1 saturated heterocycles. The van der Waals surface area contributed by atoms with Crippen molar-refractivity contribution in [2.75, 3.05) is 11.5 Å². The highest BCUT2D eigenvalue weighted by Gasteiger charge is 2.17. The van der Waals surface area contributed by atoms with Crippen molar-refractivity contribution >= 4 is 29.4 Å². The molecule has 1 amide bonds. The predicted octanol–water partition coefficient (Wildman–Crippen LogP) is 4.09. The normalized spacial score (nSPS) is 17.3. The molecule has 2 N–H and O–H groups in total. The maximum absolute atomic E-state index is 12.4. The van der Waals surface area contributed by atoms with Crippen molar-refractivity contribution in [3.8, 4) is 0 Å². The molecule has 2 aliphatic heterocycles. The largest absolute Gasteiger partial charge is 0.348 e. The maximum atomic E-state index is 12.4. The first-order valence-corrected chi connectivity index (χ1v) is 10.8. The molecule has 0 aromatic heterocycles. The third kappa shape index (κ3) is 4.05. The molecule has 0 atom stereocenters. The Morgan fingerprint density at radius 1 is 1.04 bits per heavy atom. The van der Waals surface area contributed by atoms with E-state index in [9.17, 15) is 4.79 Å². The summed E-state index contributed by atoms with van der Waals surface area (Å²) in [4.78, 5) is 12.4. The Hall–Kier alpha value is -1.43. The van der Waals surface area contributed by atoms with Crippen LogP contribution in [0.2, 0.25) is 0 Å². The highest BCUT2D eigenvalue weighted by atomic mass is 32.2. The van der Waals surface area contributed by atoms with E-state index in [1.54, 1.807) is 0 Å². The van der Waals surface area contributed by atoms with Gasteiger partial charge < -0.3 is 10.6 Å². The zero-order valence-electron chi connectivity index (χ0n) is 14.1. The first kappa shape index (κ1) is 17.0. The van der Waals surface area contributed by atoms with E-state index in [0.29, 0.717) is 11.1 Å². The number of thioether (sulfide) groups is 2. The third-order valence-corrected chi connectivity index (χ3v) is 7.64. The van der Waals surface area contributed by atoms with Gasteiger partial charge in [-0.2, -0.15) is 0 Å². The van der Waals surface area contributed by atoms with E-state index in [1.807, 2.05) is 35.7 Å². The molecule has 0 radical (unpaired) electrons.